The molecule has 0 N–H and O–H groups in total. The van der Waals surface area contributed by atoms with E-state index in [9.17, 15) is 0 Å². The zero-order valence-corrected chi connectivity index (χ0v) is 19.6. The van der Waals surface area contributed by atoms with E-state index >= 15 is 0 Å². The number of aromatic nitrogens is 3. The molecule has 0 spiro atoms. The molecule has 0 aliphatic carbocycles. The summed E-state index contributed by atoms with van der Waals surface area (Å²) < 4.78 is 2.13. The van der Waals surface area contributed by atoms with Gasteiger partial charge in [-0.25, -0.2) is 4.98 Å². The number of hydrogen-bond acceptors (Lipinski definition) is 3. The molecule has 1 aliphatic rings. The molecule has 0 radical (unpaired) electrons. The molecule has 3 heterocycles. The molecule has 0 amide bonds. The van der Waals surface area contributed by atoms with Crippen molar-refractivity contribution >= 4 is 23.9 Å². The Bertz CT molecular complexity index is 1040. The number of halogens is 1. The van der Waals surface area contributed by atoms with Crippen molar-refractivity contribution in [3.05, 3.63) is 45.8 Å². The van der Waals surface area contributed by atoms with Crippen molar-refractivity contribution in [2.75, 3.05) is 11.4 Å². The minimum Gasteiger partial charge on any atom is -0.353 e. The number of unbranched alkanes of at least 4 members (excludes halogenated alkanes) is 1. The SMILES string of the molecule is CCCCN1c2c(c(C)nc3c(-c4c(C)cc(C)cc4C)c(C)nn23)CC1C.Cl. The normalized spacial score (nSPS) is 15.7. The number of aryl methyl sites for hydroxylation is 5. The van der Waals surface area contributed by atoms with Crippen molar-refractivity contribution < 1.29 is 0 Å². The van der Waals surface area contributed by atoms with E-state index in [0.29, 0.717) is 6.04 Å². The molecule has 0 fully saturated rings. The van der Waals surface area contributed by atoms with Gasteiger partial charge >= 0.3 is 0 Å². The Balaban J connectivity index is 0.00000240. The Hall–Kier alpha value is -2.07. The molecule has 29 heavy (non-hydrogen) atoms. The van der Waals surface area contributed by atoms with Crippen LogP contribution in [0.25, 0.3) is 16.8 Å². The summed E-state index contributed by atoms with van der Waals surface area (Å²) in [5, 5.41) is 5.01. The first-order valence-electron chi connectivity index (χ1n) is 10.6. The highest BCUT2D eigenvalue weighted by Crippen LogP contribution is 2.39. The molecule has 0 saturated heterocycles. The van der Waals surface area contributed by atoms with Crippen LogP contribution in [0.1, 0.15) is 60.3 Å². The van der Waals surface area contributed by atoms with Crippen molar-refractivity contribution in [1.29, 1.82) is 0 Å². The van der Waals surface area contributed by atoms with Crippen molar-refractivity contribution in [1.82, 2.24) is 14.6 Å². The number of rotatable bonds is 4. The second-order valence-corrected chi connectivity index (χ2v) is 8.57. The predicted octanol–water partition coefficient (Wildman–Crippen LogP) is 5.91. The molecule has 4 rings (SSSR count). The summed E-state index contributed by atoms with van der Waals surface area (Å²) in [4.78, 5) is 7.62. The van der Waals surface area contributed by atoms with Crippen LogP contribution in [0.5, 0.6) is 0 Å². The summed E-state index contributed by atoms with van der Waals surface area (Å²) in [6.07, 6.45) is 3.47. The molecule has 156 valence electrons. The van der Waals surface area contributed by atoms with E-state index in [0.717, 1.165) is 30.0 Å². The monoisotopic (exact) mass is 412 g/mol. The standard InChI is InChI=1S/C24H32N4.ClH/c1-8-9-10-27-17(5)13-20-18(6)25-23-22(19(7)26-28(23)24(20)27)21-15(3)11-14(2)12-16(21)4;/h11-12,17H,8-10,13H2,1-7H3;1H. The van der Waals surface area contributed by atoms with Crippen molar-refractivity contribution in [2.45, 2.75) is 73.8 Å². The number of nitrogens with zero attached hydrogens (tertiary/aromatic N) is 4. The summed E-state index contributed by atoms with van der Waals surface area (Å²) >= 11 is 0. The Morgan fingerprint density at radius 1 is 1.00 bits per heavy atom. The Morgan fingerprint density at radius 3 is 2.28 bits per heavy atom. The van der Waals surface area contributed by atoms with Crippen LogP contribution < -0.4 is 4.90 Å². The van der Waals surface area contributed by atoms with E-state index in [-0.39, 0.29) is 12.4 Å². The minimum absolute atomic E-state index is 0. The molecule has 1 atom stereocenters. The fourth-order valence-electron chi connectivity index (χ4n) is 4.95. The van der Waals surface area contributed by atoms with Crippen LogP contribution in [0.2, 0.25) is 0 Å². The largest absolute Gasteiger partial charge is 0.353 e. The maximum absolute atomic E-state index is 5.07. The first-order chi connectivity index (χ1) is 13.3. The molecule has 0 saturated carbocycles. The Kier molecular flexibility index (Phi) is 5.96. The average molecular weight is 413 g/mol. The molecule has 4 nitrogen and oxygen atoms in total. The molecule has 2 aromatic heterocycles. The summed E-state index contributed by atoms with van der Waals surface area (Å²) in [5.74, 6) is 1.26. The van der Waals surface area contributed by atoms with E-state index in [1.165, 1.54) is 52.0 Å². The van der Waals surface area contributed by atoms with E-state index in [1.807, 2.05) is 0 Å². The summed E-state index contributed by atoms with van der Waals surface area (Å²) in [6.45, 7) is 16.5. The van der Waals surface area contributed by atoms with Crippen LogP contribution >= 0.6 is 12.4 Å². The molecule has 0 bridgehead atoms. The first kappa shape index (κ1) is 21.6. The number of anilines is 1. The number of hydrogen-bond donors (Lipinski definition) is 0. The van der Waals surface area contributed by atoms with Gasteiger partial charge in [-0.2, -0.15) is 9.61 Å². The molecule has 1 aromatic carbocycles. The zero-order valence-electron chi connectivity index (χ0n) is 18.8. The van der Waals surface area contributed by atoms with Gasteiger partial charge in [-0.15, -0.1) is 12.4 Å². The highest BCUT2D eigenvalue weighted by atomic mass is 35.5. The van der Waals surface area contributed by atoms with Crippen LogP contribution in [0.4, 0.5) is 5.82 Å². The van der Waals surface area contributed by atoms with E-state index < -0.39 is 0 Å². The maximum Gasteiger partial charge on any atom is 0.165 e. The first-order valence-corrected chi connectivity index (χ1v) is 10.6. The quantitative estimate of drug-likeness (QED) is 0.533. The predicted molar refractivity (Wildman–Crippen MR) is 125 cm³/mol. The van der Waals surface area contributed by atoms with Crippen molar-refractivity contribution in [3.63, 3.8) is 0 Å². The van der Waals surface area contributed by atoms with Crippen LogP contribution in [0.15, 0.2) is 12.1 Å². The van der Waals surface area contributed by atoms with Crippen LogP contribution in [-0.4, -0.2) is 27.2 Å². The van der Waals surface area contributed by atoms with Crippen LogP contribution in [0, 0.1) is 34.6 Å². The van der Waals surface area contributed by atoms with Gasteiger partial charge in [0.25, 0.3) is 0 Å². The second-order valence-electron chi connectivity index (χ2n) is 8.57. The van der Waals surface area contributed by atoms with Gasteiger partial charge < -0.3 is 4.90 Å². The summed E-state index contributed by atoms with van der Waals surface area (Å²) in [6, 6.07) is 5.03. The molecule has 5 heteroatoms. The lowest BCUT2D eigenvalue weighted by Crippen LogP contribution is -2.31. The summed E-state index contributed by atoms with van der Waals surface area (Å²) in [7, 11) is 0. The third-order valence-corrected chi connectivity index (χ3v) is 6.20. The third kappa shape index (κ3) is 3.42. The smallest absolute Gasteiger partial charge is 0.165 e. The lowest BCUT2D eigenvalue weighted by molar-refractivity contribution is 0.632. The van der Waals surface area contributed by atoms with Crippen LogP contribution in [-0.2, 0) is 6.42 Å². The maximum atomic E-state index is 5.07. The molecular formula is C24H33ClN4. The van der Waals surface area contributed by atoms with E-state index in [2.05, 4.69) is 70.0 Å². The van der Waals surface area contributed by atoms with Gasteiger partial charge in [0, 0.05) is 23.8 Å². The third-order valence-electron chi connectivity index (χ3n) is 6.20. The second kappa shape index (κ2) is 7.98. The molecule has 3 aromatic rings. The Morgan fingerprint density at radius 2 is 1.66 bits per heavy atom. The Labute approximate surface area is 180 Å². The van der Waals surface area contributed by atoms with Gasteiger partial charge in [0.05, 0.1) is 11.3 Å². The zero-order chi connectivity index (χ0) is 20.2. The van der Waals surface area contributed by atoms with E-state index in [4.69, 9.17) is 10.1 Å². The number of fused-ring (bicyclic) bond motifs is 3. The molecule has 1 aliphatic heterocycles. The highest BCUT2D eigenvalue weighted by molar-refractivity contribution is 5.86. The number of benzene rings is 1. The van der Waals surface area contributed by atoms with Gasteiger partial charge in [-0.05, 0) is 71.1 Å². The molecular weight excluding hydrogens is 380 g/mol. The topological polar surface area (TPSA) is 33.4 Å². The van der Waals surface area contributed by atoms with Gasteiger partial charge in [0.2, 0.25) is 0 Å². The summed E-state index contributed by atoms with van der Waals surface area (Å²) in [5.41, 5.74) is 11.0. The average Bonchev–Trinajstić information content (AvgIpc) is 3.10. The lowest BCUT2D eigenvalue weighted by atomic mass is 9.94. The van der Waals surface area contributed by atoms with Gasteiger partial charge in [-0.3, -0.25) is 0 Å². The van der Waals surface area contributed by atoms with Gasteiger partial charge in [-0.1, -0.05) is 31.0 Å². The van der Waals surface area contributed by atoms with Gasteiger partial charge in [0.1, 0.15) is 5.82 Å². The van der Waals surface area contributed by atoms with Crippen molar-refractivity contribution in [3.8, 4) is 11.1 Å². The fraction of sp³-hybridized carbons (Fsp3) is 0.500. The van der Waals surface area contributed by atoms with Crippen LogP contribution in [0.3, 0.4) is 0 Å². The fourth-order valence-corrected chi connectivity index (χ4v) is 4.95. The van der Waals surface area contributed by atoms with E-state index in [1.54, 1.807) is 0 Å². The van der Waals surface area contributed by atoms with Crippen molar-refractivity contribution in [2.24, 2.45) is 0 Å². The van der Waals surface area contributed by atoms with Gasteiger partial charge in [0.15, 0.2) is 5.65 Å². The highest BCUT2D eigenvalue weighted by Gasteiger charge is 2.32. The minimum atomic E-state index is 0. The lowest BCUT2D eigenvalue weighted by Gasteiger charge is -2.24. The molecule has 1 unspecified atom stereocenters.